The van der Waals surface area contributed by atoms with E-state index in [0.29, 0.717) is 17.0 Å². The molecular weight excluding hydrogens is 380 g/mol. The van der Waals surface area contributed by atoms with E-state index in [1.807, 2.05) is 0 Å². The van der Waals surface area contributed by atoms with Crippen molar-refractivity contribution < 1.29 is 27.8 Å². The summed E-state index contributed by atoms with van der Waals surface area (Å²) in [4.78, 5) is 15.8. The number of carbonyl (C=O) groups is 1. The molecule has 0 atom stereocenters. The highest BCUT2D eigenvalue weighted by Crippen LogP contribution is 2.41. The first-order valence-electron chi connectivity index (χ1n) is 8.89. The molecule has 1 heterocycles. The molecule has 1 aliphatic heterocycles. The van der Waals surface area contributed by atoms with Gasteiger partial charge >= 0.3 is 12.1 Å². The van der Waals surface area contributed by atoms with Crippen LogP contribution in [0.15, 0.2) is 77.3 Å². The third-order valence-corrected chi connectivity index (χ3v) is 4.03. The number of benzene rings is 2. The molecule has 2 aromatic carbocycles. The first-order chi connectivity index (χ1) is 13.9. The van der Waals surface area contributed by atoms with Crippen molar-refractivity contribution in [3.63, 3.8) is 0 Å². The molecule has 0 saturated heterocycles. The monoisotopic (exact) mass is 399 g/mol. The molecule has 0 radical (unpaired) electrons. The number of halogens is 2. The van der Waals surface area contributed by atoms with Crippen molar-refractivity contribution in [2.24, 2.45) is 4.99 Å². The van der Waals surface area contributed by atoms with E-state index in [9.17, 15) is 13.6 Å². The van der Waals surface area contributed by atoms with Crippen LogP contribution in [-0.4, -0.2) is 31.5 Å². The van der Waals surface area contributed by atoms with Crippen LogP contribution in [0.5, 0.6) is 5.75 Å². The van der Waals surface area contributed by atoms with Crippen LogP contribution in [0.1, 0.15) is 12.5 Å². The highest BCUT2D eigenvalue weighted by molar-refractivity contribution is 6.15. The lowest BCUT2D eigenvalue weighted by molar-refractivity contribution is -0.137. The molecule has 0 aromatic heterocycles. The Hall–Kier alpha value is -3.48. The van der Waals surface area contributed by atoms with Gasteiger partial charge in [-0.05, 0) is 37.3 Å². The summed E-state index contributed by atoms with van der Waals surface area (Å²) in [7, 11) is 1.51. The van der Waals surface area contributed by atoms with Crippen LogP contribution in [0.3, 0.4) is 0 Å². The van der Waals surface area contributed by atoms with Crippen LogP contribution >= 0.6 is 0 Å². The Balaban J connectivity index is 2.10. The Morgan fingerprint density at radius 1 is 1.14 bits per heavy atom. The van der Waals surface area contributed by atoms with Gasteiger partial charge in [-0.3, -0.25) is 0 Å². The van der Waals surface area contributed by atoms with Gasteiger partial charge in [0.2, 0.25) is 0 Å². The average molecular weight is 399 g/mol. The van der Waals surface area contributed by atoms with E-state index >= 15 is 0 Å². The first-order valence-corrected chi connectivity index (χ1v) is 8.89. The molecule has 1 aliphatic rings. The van der Waals surface area contributed by atoms with Gasteiger partial charge in [-0.15, -0.1) is 0 Å². The number of esters is 1. The fourth-order valence-electron chi connectivity index (χ4n) is 2.71. The number of carbonyl (C=O) groups excluding carboxylic acids is 1. The minimum Gasteiger partial charge on any atom is -0.497 e. The van der Waals surface area contributed by atoms with Gasteiger partial charge in [0, 0.05) is 17.2 Å². The number of aliphatic imine (C=N–C) groups is 1. The lowest BCUT2D eigenvalue weighted by Crippen LogP contribution is -2.26. The molecular formula is C22H19F2NO4. The maximum absolute atomic E-state index is 14.7. The van der Waals surface area contributed by atoms with Gasteiger partial charge in [-0.25, -0.2) is 9.79 Å². The van der Waals surface area contributed by atoms with E-state index in [0.717, 1.165) is 6.08 Å². The summed E-state index contributed by atoms with van der Waals surface area (Å²) >= 11 is 0. The maximum atomic E-state index is 14.7. The fraction of sp³-hybridized carbons (Fsp3) is 0.182. The summed E-state index contributed by atoms with van der Waals surface area (Å²) in [5, 5.41) is 0. The highest BCUT2D eigenvalue weighted by Gasteiger charge is 2.48. The van der Waals surface area contributed by atoms with Crippen molar-refractivity contribution in [2.45, 2.75) is 13.0 Å². The largest absolute Gasteiger partial charge is 0.497 e. The highest BCUT2D eigenvalue weighted by atomic mass is 19.3. The third-order valence-electron chi connectivity index (χ3n) is 4.03. The van der Waals surface area contributed by atoms with Crippen LogP contribution in [0.2, 0.25) is 0 Å². The number of alkyl halides is 2. The van der Waals surface area contributed by atoms with Crippen LogP contribution in [-0.2, 0) is 14.3 Å². The predicted octanol–water partition coefficient (Wildman–Crippen LogP) is 4.92. The number of ether oxygens (including phenoxy) is 3. The zero-order valence-electron chi connectivity index (χ0n) is 15.9. The zero-order valence-corrected chi connectivity index (χ0v) is 15.9. The average Bonchev–Trinajstić information content (AvgIpc) is 2.98. The molecule has 0 N–H and O–H groups in total. The second-order valence-electron chi connectivity index (χ2n) is 5.97. The SMILES string of the molecule is CCOC(=O)/C=C/C1=C(c2ccccc2)OC(F)(F)C1=Nc1ccc(OC)cc1. The number of hydrogen-bond acceptors (Lipinski definition) is 5. The van der Waals surface area contributed by atoms with E-state index in [1.165, 1.54) is 13.2 Å². The van der Waals surface area contributed by atoms with Gasteiger partial charge in [0.1, 0.15) is 11.5 Å². The second-order valence-corrected chi connectivity index (χ2v) is 5.97. The lowest BCUT2D eigenvalue weighted by Gasteiger charge is -2.12. The minimum atomic E-state index is -3.67. The predicted molar refractivity (Wildman–Crippen MR) is 105 cm³/mol. The quantitative estimate of drug-likeness (QED) is 0.511. The summed E-state index contributed by atoms with van der Waals surface area (Å²) in [6.07, 6.45) is -1.35. The summed E-state index contributed by atoms with van der Waals surface area (Å²) < 4.78 is 44.3. The Morgan fingerprint density at radius 3 is 2.45 bits per heavy atom. The first kappa shape index (κ1) is 20.3. The minimum absolute atomic E-state index is 0.00470. The van der Waals surface area contributed by atoms with Crippen LogP contribution in [0, 0.1) is 0 Å². The Kier molecular flexibility index (Phi) is 6.07. The van der Waals surface area contributed by atoms with Crippen molar-refractivity contribution in [1.82, 2.24) is 0 Å². The summed E-state index contributed by atoms with van der Waals surface area (Å²) in [5.74, 6) is -0.138. The molecule has 0 unspecified atom stereocenters. The van der Waals surface area contributed by atoms with Crippen molar-refractivity contribution >= 4 is 23.1 Å². The number of methoxy groups -OCH3 is 1. The molecule has 5 nitrogen and oxygen atoms in total. The van der Waals surface area contributed by atoms with Gasteiger partial charge in [0.05, 0.1) is 19.4 Å². The van der Waals surface area contributed by atoms with E-state index in [-0.39, 0.29) is 17.9 Å². The molecule has 0 amide bonds. The standard InChI is InChI=1S/C22H19F2NO4/c1-3-28-19(26)14-13-18-20(15-7-5-4-6-8-15)29-22(23,24)21(18)25-16-9-11-17(27-2)12-10-16/h4-14H,3H2,1-2H3/b14-13+,25-21?. The summed E-state index contributed by atoms with van der Waals surface area (Å²) in [5.41, 5.74) is 0.142. The van der Waals surface area contributed by atoms with E-state index in [2.05, 4.69) is 4.99 Å². The van der Waals surface area contributed by atoms with E-state index < -0.39 is 17.8 Å². The second kappa shape index (κ2) is 8.68. The van der Waals surface area contributed by atoms with Crippen molar-refractivity contribution in [3.05, 3.63) is 77.9 Å². The van der Waals surface area contributed by atoms with Crippen molar-refractivity contribution in [2.75, 3.05) is 13.7 Å². The maximum Gasteiger partial charge on any atom is 0.445 e. The van der Waals surface area contributed by atoms with E-state index in [4.69, 9.17) is 14.2 Å². The van der Waals surface area contributed by atoms with Gasteiger partial charge in [-0.1, -0.05) is 30.3 Å². The van der Waals surface area contributed by atoms with Crippen LogP contribution in [0.25, 0.3) is 5.76 Å². The smallest absolute Gasteiger partial charge is 0.445 e. The molecule has 0 saturated carbocycles. The Morgan fingerprint density at radius 2 is 1.83 bits per heavy atom. The molecule has 150 valence electrons. The van der Waals surface area contributed by atoms with Gasteiger partial charge in [-0.2, -0.15) is 8.78 Å². The molecule has 7 heteroatoms. The van der Waals surface area contributed by atoms with Crippen molar-refractivity contribution in [3.8, 4) is 5.75 Å². The lowest BCUT2D eigenvalue weighted by atomic mass is 10.1. The van der Waals surface area contributed by atoms with Crippen LogP contribution < -0.4 is 4.74 Å². The Bertz CT molecular complexity index is 964. The molecule has 29 heavy (non-hydrogen) atoms. The number of nitrogens with zero attached hydrogens (tertiary/aromatic N) is 1. The number of allylic oxidation sites excluding steroid dienone is 1. The van der Waals surface area contributed by atoms with Gasteiger partial charge in [0.15, 0.2) is 5.71 Å². The molecule has 0 aliphatic carbocycles. The molecule has 0 spiro atoms. The third kappa shape index (κ3) is 4.68. The topological polar surface area (TPSA) is 57.1 Å². The fourth-order valence-corrected chi connectivity index (χ4v) is 2.71. The van der Waals surface area contributed by atoms with Gasteiger partial charge in [0.25, 0.3) is 0 Å². The van der Waals surface area contributed by atoms with Gasteiger partial charge < -0.3 is 14.2 Å². The molecule has 3 rings (SSSR count). The molecule has 2 aromatic rings. The zero-order chi connectivity index (χ0) is 20.9. The number of rotatable bonds is 6. The normalized spacial score (nSPS) is 16.9. The van der Waals surface area contributed by atoms with Crippen molar-refractivity contribution in [1.29, 1.82) is 0 Å². The summed E-state index contributed by atoms with van der Waals surface area (Å²) in [6, 6.07) is 14.8. The molecule has 0 bridgehead atoms. The van der Waals surface area contributed by atoms with E-state index in [1.54, 1.807) is 61.5 Å². The van der Waals surface area contributed by atoms with Crippen LogP contribution in [0.4, 0.5) is 14.5 Å². The summed E-state index contributed by atoms with van der Waals surface area (Å²) in [6.45, 7) is 1.83. The molecule has 0 fully saturated rings. The Labute approximate surface area is 166 Å². The number of hydrogen-bond donors (Lipinski definition) is 0.